The molecule has 0 radical (unpaired) electrons. The number of rotatable bonds is 1. The van der Waals surface area contributed by atoms with Crippen molar-refractivity contribution in [3.05, 3.63) is 44.3 Å². The molecule has 0 saturated carbocycles. The van der Waals surface area contributed by atoms with Gasteiger partial charge in [-0.3, -0.25) is 0 Å². The molecular formula is C13H6BrClF2N2S. The molecule has 0 unspecified atom stereocenters. The zero-order valence-corrected chi connectivity index (χ0v) is 13.2. The third-order valence-electron chi connectivity index (χ3n) is 2.75. The Kier molecular flexibility index (Phi) is 3.48. The lowest BCUT2D eigenvalue weighted by Gasteiger charge is -2.05. The fourth-order valence-corrected chi connectivity index (χ4v) is 3.48. The van der Waals surface area contributed by atoms with E-state index in [1.807, 2.05) is 13.0 Å². The molecule has 0 aliphatic carbocycles. The van der Waals surface area contributed by atoms with E-state index < -0.39 is 11.6 Å². The standard InChI is InChI=1S/C13H6BrClF2N2S/c1-5-4-7-11(15)18-12(19-13(7)20-5)6-2-3-8(16)10(17)9(6)14/h2-4H,1H3. The van der Waals surface area contributed by atoms with Crippen molar-refractivity contribution >= 4 is 49.1 Å². The molecule has 3 rings (SSSR count). The van der Waals surface area contributed by atoms with E-state index in [1.54, 1.807) is 0 Å². The van der Waals surface area contributed by atoms with Crippen molar-refractivity contribution < 1.29 is 8.78 Å². The molecule has 3 aromatic rings. The van der Waals surface area contributed by atoms with Crippen molar-refractivity contribution in [1.82, 2.24) is 9.97 Å². The van der Waals surface area contributed by atoms with Crippen LogP contribution in [-0.4, -0.2) is 9.97 Å². The average Bonchev–Trinajstić information content (AvgIpc) is 2.77. The largest absolute Gasteiger partial charge is 0.217 e. The highest BCUT2D eigenvalue weighted by molar-refractivity contribution is 9.10. The Hall–Kier alpha value is -1.11. The van der Waals surface area contributed by atoms with Crippen LogP contribution in [0.15, 0.2) is 22.7 Å². The second-order valence-corrected chi connectivity index (χ2v) is 6.52. The zero-order valence-electron chi connectivity index (χ0n) is 10.0. The molecule has 0 atom stereocenters. The van der Waals surface area contributed by atoms with Gasteiger partial charge in [0.15, 0.2) is 17.5 Å². The number of fused-ring (bicyclic) bond motifs is 1. The van der Waals surface area contributed by atoms with E-state index in [4.69, 9.17) is 11.6 Å². The van der Waals surface area contributed by atoms with E-state index in [0.29, 0.717) is 15.5 Å². The lowest BCUT2D eigenvalue weighted by atomic mass is 10.2. The minimum absolute atomic E-state index is 0.0128. The first-order valence-corrected chi connectivity index (χ1v) is 7.53. The van der Waals surface area contributed by atoms with Crippen LogP contribution in [0.3, 0.4) is 0 Å². The van der Waals surface area contributed by atoms with E-state index in [-0.39, 0.29) is 10.3 Å². The first kappa shape index (κ1) is 13.9. The summed E-state index contributed by atoms with van der Waals surface area (Å²) in [6.07, 6.45) is 0. The summed E-state index contributed by atoms with van der Waals surface area (Å²) in [6, 6.07) is 4.35. The molecule has 0 amide bonds. The molecule has 0 bridgehead atoms. The van der Waals surface area contributed by atoms with Crippen LogP contribution in [0.5, 0.6) is 0 Å². The topological polar surface area (TPSA) is 25.8 Å². The Labute approximate surface area is 130 Å². The van der Waals surface area contributed by atoms with Crippen LogP contribution in [0.4, 0.5) is 8.78 Å². The van der Waals surface area contributed by atoms with Crippen LogP contribution in [0.25, 0.3) is 21.6 Å². The molecule has 0 N–H and O–H groups in total. The predicted octanol–water partition coefficient (Wildman–Crippen LogP) is 5.36. The van der Waals surface area contributed by atoms with Gasteiger partial charge in [-0.25, -0.2) is 18.7 Å². The molecule has 2 heterocycles. The fourth-order valence-electron chi connectivity index (χ4n) is 1.83. The molecule has 2 nitrogen and oxygen atoms in total. The van der Waals surface area contributed by atoms with Crippen molar-refractivity contribution in [2.24, 2.45) is 0 Å². The van der Waals surface area contributed by atoms with Crippen LogP contribution in [0.1, 0.15) is 4.88 Å². The van der Waals surface area contributed by atoms with Crippen LogP contribution in [-0.2, 0) is 0 Å². The molecule has 20 heavy (non-hydrogen) atoms. The van der Waals surface area contributed by atoms with Crippen molar-refractivity contribution in [3.8, 4) is 11.4 Å². The number of hydrogen-bond donors (Lipinski definition) is 0. The number of nitrogens with zero attached hydrogens (tertiary/aromatic N) is 2. The Bertz CT molecular complexity index is 835. The van der Waals surface area contributed by atoms with Gasteiger partial charge in [0.05, 0.1) is 4.47 Å². The molecule has 0 aliphatic rings. The van der Waals surface area contributed by atoms with Crippen molar-refractivity contribution in [2.75, 3.05) is 0 Å². The third kappa shape index (κ3) is 2.21. The first-order valence-electron chi connectivity index (χ1n) is 5.55. The van der Waals surface area contributed by atoms with E-state index in [2.05, 4.69) is 25.9 Å². The maximum absolute atomic E-state index is 13.6. The third-order valence-corrected chi connectivity index (χ3v) is 4.75. The highest BCUT2D eigenvalue weighted by atomic mass is 79.9. The maximum atomic E-state index is 13.6. The van der Waals surface area contributed by atoms with E-state index in [9.17, 15) is 8.78 Å². The summed E-state index contributed by atoms with van der Waals surface area (Å²) >= 11 is 10.6. The average molecular weight is 376 g/mol. The summed E-state index contributed by atoms with van der Waals surface area (Å²) in [5.74, 6) is -1.64. The summed E-state index contributed by atoms with van der Waals surface area (Å²) in [6.45, 7) is 1.94. The van der Waals surface area contributed by atoms with Gasteiger partial charge in [-0.1, -0.05) is 11.6 Å². The summed E-state index contributed by atoms with van der Waals surface area (Å²) < 4.78 is 26.7. The first-order chi connectivity index (χ1) is 9.47. The Balaban J connectivity index is 2.27. The van der Waals surface area contributed by atoms with Crippen LogP contribution < -0.4 is 0 Å². The lowest BCUT2D eigenvalue weighted by molar-refractivity contribution is 0.504. The van der Waals surface area contributed by atoms with Gasteiger partial charge in [-0.15, -0.1) is 11.3 Å². The van der Waals surface area contributed by atoms with E-state index >= 15 is 0 Å². The minimum Gasteiger partial charge on any atom is -0.217 e. The van der Waals surface area contributed by atoms with Gasteiger partial charge < -0.3 is 0 Å². The maximum Gasteiger partial charge on any atom is 0.173 e. The number of thiophene rings is 1. The molecule has 0 spiro atoms. The summed E-state index contributed by atoms with van der Waals surface area (Å²) in [5, 5.41) is 1.06. The number of hydrogen-bond acceptors (Lipinski definition) is 3. The Morgan fingerprint density at radius 3 is 2.75 bits per heavy atom. The van der Waals surface area contributed by atoms with Gasteiger partial charge in [0.25, 0.3) is 0 Å². The van der Waals surface area contributed by atoms with Gasteiger partial charge in [-0.2, -0.15) is 0 Å². The number of aryl methyl sites for hydroxylation is 1. The van der Waals surface area contributed by atoms with Crippen LogP contribution in [0.2, 0.25) is 5.15 Å². The number of aromatic nitrogens is 2. The van der Waals surface area contributed by atoms with Gasteiger partial charge >= 0.3 is 0 Å². The molecule has 0 aliphatic heterocycles. The number of benzene rings is 1. The Morgan fingerprint density at radius 2 is 2.00 bits per heavy atom. The Morgan fingerprint density at radius 1 is 1.25 bits per heavy atom. The van der Waals surface area contributed by atoms with Crippen molar-refractivity contribution in [1.29, 1.82) is 0 Å². The molecule has 0 fully saturated rings. The zero-order chi connectivity index (χ0) is 14.4. The van der Waals surface area contributed by atoms with E-state index in [1.165, 1.54) is 17.4 Å². The molecule has 7 heteroatoms. The van der Waals surface area contributed by atoms with Crippen molar-refractivity contribution in [2.45, 2.75) is 6.92 Å². The van der Waals surface area contributed by atoms with Gasteiger partial charge in [0.2, 0.25) is 0 Å². The smallest absolute Gasteiger partial charge is 0.173 e. The SMILES string of the molecule is Cc1cc2c(Cl)nc(-c3ccc(F)c(F)c3Br)nc2s1. The molecule has 102 valence electrons. The van der Waals surface area contributed by atoms with Crippen LogP contribution >= 0.6 is 38.9 Å². The summed E-state index contributed by atoms with van der Waals surface area (Å²) in [7, 11) is 0. The predicted molar refractivity (Wildman–Crippen MR) is 80.2 cm³/mol. The number of halogens is 4. The van der Waals surface area contributed by atoms with Gasteiger partial charge in [0, 0.05) is 15.8 Å². The highest BCUT2D eigenvalue weighted by Crippen LogP contribution is 2.34. The minimum atomic E-state index is -0.968. The molecule has 0 saturated heterocycles. The second-order valence-electron chi connectivity index (χ2n) is 4.14. The van der Waals surface area contributed by atoms with Crippen molar-refractivity contribution in [3.63, 3.8) is 0 Å². The molecule has 2 aromatic heterocycles. The van der Waals surface area contributed by atoms with Gasteiger partial charge in [0.1, 0.15) is 9.98 Å². The van der Waals surface area contributed by atoms with Crippen LogP contribution in [0, 0.1) is 18.6 Å². The fraction of sp³-hybridized carbons (Fsp3) is 0.0769. The summed E-state index contributed by atoms with van der Waals surface area (Å²) in [5.41, 5.74) is 0.360. The molecule has 1 aromatic carbocycles. The summed E-state index contributed by atoms with van der Waals surface area (Å²) in [4.78, 5) is 10.3. The highest BCUT2D eigenvalue weighted by Gasteiger charge is 2.17. The second kappa shape index (κ2) is 5.02. The molecular weight excluding hydrogens is 370 g/mol. The monoisotopic (exact) mass is 374 g/mol. The van der Waals surface area contributed by atoms with E-state index in [0.717, 1.165) is 16.3 Å². The van der Waals surface area contributed by atoms with Gasteiger partial charge in [-0.05, 0) is 41.1 Å². The normalized spacial score (nSPS) is 11.2. The lowest BCUT2D eigenvalue weighted by Crippen LogP contribution is -1.94. The quantitative estimate of drug-likeness (QED) is 0.422.